The summed E-state index contributed by atoms with van der Waals surface area (Å²) in [6.45, 7) is 2.87. The van der Waals surface area contributed by atoms with Gasteiger partial charge in [-0.1, -0.05) is 18.2 Å². The number of nitrogen functional groups attached to an aromatic ring is 1. The number of aliphatic hydroxyl groups is 1. The number of aromatic nitrogens is 4. The molecular weight excluding hydrogens is 1120 g/mol. The van der Waals surface area contributed by atoms with Gasteiger partial charge in [-0.05, 0) is 74.3 Å². The third kappa shape index (κ3) is 11.6. The third-order valence-corrected chi connectivity index (χ3v) is 19.0. The molecule has 0 saturated carbocycles. The fraction of sp³-hybridized carbons (Fsp3) is 0.460. The zero-order valence-corrected chi connectivity index (χ0v) is 46.4. The molecule has 31 heteroatoms. The molecule has 2 aromatic heterocycles. The second-order valence-corrected chi connectivity index (χ2v) is 25.0. The maximum atomic E-state index is 14.7. The van der Waals surface area contributed by atoms with E-state index in [9.17, 15) is 47.8 Å². The second-order valence-electron chi connectivity index (χ2n) is 20.6. The number of alkyl carbamates (subject to hydrolysis) is 1. The van der Waals surface area contributed by atoms with Gasteiger partial charge < -0.3 is 65.1 Å². The van der Waals surface area contributed by atoms with E-state index in [2.05, 4.69) is 55.8 Å². The van der Waals surface area contributed by atoms with Crippen molar-refractivity contribution in [3.8, 4) is 11.5 Å². The zero-order valence-electron chi connectivity index (χ0n) is 43.7. The highest BCUT2D eigenvalue weighted by molar-refractivity contribution is 7.66. The number of nitrogens with two attached hydrogens (primary N) is 1. The largest absolute Gasteiger partial charge is 0.490 e. The van der Waals surface area contributed by atoms with Crippen molar-refractivity contribution >= 4 is 69.7 Å². The Labute approximate surface area is 461 Å². The topological polar surface area (TPSA) is 382 Å². The first kappa shape index (κ1) is 56.5. The van der Waals surface area contributed by atoms with Crippen LogP contribution in [0.1, 0.15) is 88.5 Å². The average molecular weight is 1180 g/mol. The summed E-state index contributed by atoms with van der Waals surface area (Å²) in [6, 6.07) is 12.3. The first-order valence-corrected chi connectivity index (χ1v) is 31.0. The van der Waals surface area contributed by atoms with Crippen LogP contribution in [0.3, 0.4) is 0 Å². The number of fused-ring (bicyclic) bond motifs is 5. The molecule has 6 atom stereocenters. The number of hydrogen-bond acceptors (Lipinski definition) is 18. The van der Waals surface area contributed by atoms with Crippen LogP contribution in [0.4, 0.5) is 16.4 Å². The molecule has 3 aromatic carbocycles. The van der Waals surface area contributed by atoms with Crippen LogP contribution in [0.2, 0.25) is 0 Å². The van der Waals surface area contributed by atoms with Crippen molar-refractivity contribution in [1.29, 1.82) is 0 Å². The number of phosphoric ester groups is 1. The van der Waals surface area contributed by atoms with Crippen molar-refractivity contribution in [1.82, 2.24) is 39.6 Å². The summed E-state index contributed by atoms with van der Waals surface area (Å²) in [5.41, 5.74) is 14.3. The SMILES string of the molecule is CN(CCCC(=O)NCCNC(=O)O[C@H]1[C@@H](O)[C@H](n2cnc3c(=O)[nH]c(N)nc32)O[C@@H]1COP(=O)(O)OP(=O)(O)OP(=O)(O)O)C(=O)c1ccccc1C1=c2cc3c4c(c2Oc2c1cc1c5c2CCCN5CCC1)CCC[N+]=4CCC3. The summed E-state index contributed by atoms with van der Waals surface area (Å²) >= 11 is 0. The molecule has 28 nitrogen and oxygen atoms in total. The number of hydrogen-bond donors (Lipinski definition) is 9. The Balaban J connectivity index is 0.736. The number of aromatic amines is 1. The molecule has 81 heavy (non-hydrogen) atoms. The highest BCUT2D eigenvalue weighted by Gasteiger charge is 2.50. The molecule has 6 aliphatic heterocycles. The Morgan fingerprint density at radius 2 is 1.64 bits per heavy atom. The number of carbonyl (C=O) groups excluding carboxylic acids is 3. The van der Waals surface area contributed by atoms with E-state index in [-0.39, 0.29) is 55.0 Å². The van der Waals surface area contributed by atoms with Gasteiger partial charge in [0, 0.05) is 97.8 Å². The van der Waals surface area contributed by atoms with Gasteiger partial charge in [-0.3, -0.25) is 28.5 Å². The average Bonchev–Trinajstić information content (AvgIpc) is 2.76. The third-order valence-electron chi connectivity index (χ3n) is 15.2. The van der Waals surface area contributed by atoms with Crippen LogP contribution in [-0.2, 0) is 66.8 Å². The number of imidazole rings is 1. The molecule has 5 aromatic rings. The van der Waals surface area contributed by atoms with Crippen molar-refractivity contribution in [2.24, 2.45) is 0 Å². The van der Waals surface area contributed by atoms with E-state index >= 15 is 0 Å². The van der Waals surface area contributed by atoms with Gasteiger partial charge in [-0.25, -0.2) is 28.0 Å². The van der Waals surface area contributed by atoms with E-state index in [1.807, 2.05) is 24.3 Å². The van der Waals surface area contributed by atoms with Gasteiger partial charge in [0.15, 0.2) is 23.5 Å². The quantitative estimate of drug-likeness (QED) is 0.0334. The van der Waals surface area contributed by atoms with Crippen LogP contribution in [-0.4, -0.2) is 145 Å². The first-order chi connectivity index (χ1) is 38.6. The summed E-state index contributed by atoms with van der Waals surface area (Å²) in [5.74, 6) is 0.850. The normalized spacial score (nSPS) is 21.4. The van der Waals surface area contributed by atoms with Crippen LogP contribution in [0.15, 0.2) is 47.5 Å². The molecule has 3 amide bonds. The Bertz CT molecular complexity index is 3730. The van der Waals surface area contributed by atoms with Crippen molar-refractivity contribution in [2.45, 2.75) is 88.7 Å². The number of amides is 3. The predicted octanol–water partition coefficient (Wildman–Crippen LogP) is 1.50. The molecule has 432 valence electrons. The number of H-pyrrole nitrogens is 1. The second kappa shape index (κ2) is 22.4. The van der Waals surface area contributed by atoms with E-state index in [0.29, 0.717) is 12.0 Å². The Hall–Kier alpha value is -6.38. The molecule has 0 bridgehead atoms. The fourth-order valence-corrected chi connectivity index (χ4v) is 15.0. The van der Waals surface area contributed by atoms with E-state index < -0.39 is 66.3 Å². The van der Waals surface area contributed by atoms with Gasteiger partial charge in [0.2, 0.25) is 17.2 Å². The van der Waals surface area contributed by atoms with E-state index in [0.717, 1.165) is 122 Å². The number of aryl methyl sites for hydroxylation is 2. The smallest absolute Gasteiger partial charge is 0.455 e. The Morgan fingerprint density at radius 3 is 2.43 bits per heavy atom. The van der Waals surface area contributed by atoms with E-state index in [1.54, 1.807) is 11.9 Å². The molecule has 6 aliphatic rings. The maximum absolute atomic E-state index is 14.7. The summed E-state index contributed by atoms with van der Waals surface area (Å²) in [5, 5.41) is 18.8. The summed E-state index contributed by atoms with van der Waals surface area (Å²) in [7, 11) is -15.7. The molecule has 1 saturated heterocycles. The van der Waals surface area contributed by atoms with Crippen molar-refractivity contribution in [3.05, 3.63) is 103 Å². The Kier molecular flexibility index (Phi) is 15.6. The van der Waals surface area contributed by atoms with Crippen LogP contribution < -0.4 is 46.7 Å². The lowest BCUT2D eigenvalue weighted by atomic mass is 9.81. The number of nitrogens with zero attached hydrogens (tertiary/aromatic N) is 6. The molecule has 0 spiro atoms. The van der Waals surface area contributed by atoms with Gasteiger partial charge in [-0.2, -0.15) is 13.6 Å². The number of carbonyl (C=O) groups is 3. The summed E-state index contributed by atoms with van der Waals surface area (Å²) in [6.07, 6.45) is 1.16. The summed E-state index contributed by atoms with van der Waals surface area (Å²) < 4.78 is 69.8. The lowest BCUT2D eigenvalue weighted by Crippen LogP contribution is -2.45. The highest BCUT2D eigenvalue weighted by Crippen LogP contribution is 2.66. The van der Waals surface area contributed by atoms with Gasteiger partial charge in [0.05, 0.1) is 18.5 Å². The monoisotopic (exact) mass is 1180 g/mol. The van der Waals surface area contributed by atoms with Crippen LogP contribution >= 0.6 is 23.5 Å². The number of rotatable bonds is 18. The van der Waals surface area contributed by atoms with Crippen molar-refractivity contribution in [3.63, 3.8) is 0 Å². The molecule has 11 rings (SSSR count). The zero-order chi connectivity index (χ0) is 57.1. The van der Waals surface area contributed by atoms with Gasteiger partial charge >= 0.3 is 29.6 Å². The van der Waals surface area contributed by atoms with Crippen molar-refractivity contribution < 1.29 is 80.1 Å². The molecule has 2 unspecified atom stereocenters. The van der Waals surface area contributed by atoms with Gasteiger partial charge in [-0.15, -0.1) is 0 Å². The minimum atomic E-state index is -5.92. The number of ether oxygens (including phenoxy) is 3. The van der Waals surface area contributed by atoms with Crippen LogP contribution in [0.5, 0.6) is 11.5 Å². The predicted molar refractivity (Wildman–Crippen MR) is 287 cm³/mol. The minimum absolute atomic E-state index is 0.0224. The summed E-state index contributed by atoms with van der Waals surface area (Å²) in [4.78, 5) is 105. The fourth-order valence-electron chi connectivity index (χ4n) is 11.9. The molecule has 0 radical (unpaired) electrons. The lowest BCUT2D eigenvalue weighted by molar-refractivity contribution is -0.121. The maximum Gasteiger partial charge on any atom is 0.490 e. The Morgan fingerprint density at radius 1 is 0.914 bits per heavy atom. The van der Waals surface area contributed by atoms with E-state index in [4.69, 9.17) is 34.3 Å². The van der Waals surface area contributed by atoms with E-state index in [1.165, 1.54) is 33.3 Å². The first-order valence-electron chi connectivity index (χ1n) is 26.5. The molecule has 0 aliphatic carbocycles. The number of benzene rings is 3. The number of aliphatic hydroxyl groups excluding tert-OH is 1. The minimum Gasteiger partial charge on any atom is -0.455 e. The van der Waals surface area contributed by atoms with Gasteiger partial charge in [0.1, 0.15) is 36.8 Å². The lowest BCUT2D eigenvalue weighted by Gasteiger charge is -2.39. The van der Waals surface area contributed by atoms with Crippen LogP contribution in [0, 0.1) is 0 Å². The number of nitrogens with one attached hydrogen (secondary N) is 3. The molecule has 10 N–H and O–H groups in total. The molecule has 8 heterocycles. The standard InChI is InChI=1S/C50H59N10O18P3/c1-57(47(64)30-12-3-2-11-29(30)37-33-23-27-9-4-19-58-21-6-13-31(39(27)58)42(33)75-43-32-14-7-22-59-20-5-10-28(40(32)59)24-34(37)43)18-8-15-36(61)52-16-17-53-50(65)76-44-35(25-73-80(69,70)78-81(71,72)77-79(66,67)68)74-48(41(44)62)60-26-54-38-45(60)55-49(51)56-46(38)63/h2-3,11-12,23-24,26,35,41,44,48,62H,4-10,13-22,25H2,1H3,(H8-,51,52,53,55,56,61,63,65,66,67,68,69,70,71,72)/p+1/t35-,41-,44-,48-/m1/s1. The highest BCUT2D eigenvalue weighted by atomic mass is 31.3. The molecule has 1 fully saturated rings. The number of phosphoric acid groups is 3. The molecular formula is C50H60N10O18P3+. The van der Waals surface area contributed by atoms with Gasteiger partial charge in [0.25, 0.3) is 11.5 Å². The van der Waals surface area contributed by atoms with Crippen LogP contribution in [0.25, 0.3) is 16.7 Å². The number of anilines is 2. The van der Waals surface area contributed by atoms with Crippen molar-refractivity contribution in [2.75, 3.05) is 70.1 Å².